The minimum Gasteiger partial charge on any atom is -0.454 e. The highest BCUT2D eigenvalue weighted by Gasteiger charge is 2.80. The zero-order valence-electron chi connectivity index (χ0n) is 65.2. The van der Waals surface area contributed by atoms with E-state index in [1.54, 1.807) is 68.1 Å². The van der Waals surface area contributed by atoms with Crippen molar-refractivity contribution in [3.8, 4) is 0 Å². The van der Waals surface area contributed by atoms with Crippen molar-refractivity contribution in [3.05, 3.63) is 161 Å². The van der Waals surface area contributed by atoms with Gasteiger partial charge in [-0.25, -0.2) is 23.2 Å². The number of benzene rings is 4. The number of rotatable bonds is 43. The van der Waals surface area contributed by atoms with Gasteiger partial charge in [0.25, 0.3) is 0 Å². The SMILES string of the molecule is C=Cc1ccccc1N(Cc1ccccc1CC)C(=O)CCC(=O)NCCOCCOCCOCCOCCC(=O)N[C@H](C(=O)N[C@@H](CCCNC(N)=O)C(=O)Nc1ccc(COC(=O)NCc2ccc(C(=O)OCC(=O)[C@@]34OC(CCC)O[C@@H]3C[C@H]3[C@@H]5C[C@H](F)C6=CC(=O)C=C[C@]6(C)[C@@]5(F)[C@@H](O)C[C@@]34C)cc2)cc1)C(C)C. The molecule has 3 saturated carbocycles. The number of hydrogen-bond acceptors (Lipinski definition) is 19. The molecule has 4 aliphatic carbocycles. The molecule has 1 heterocycles. The predicted molar refractivity (Wildman–Crippen MR) is 414 cm³/mol. The summed E-state index contributed by atoms with van der Waals surface area (Å²) in [6.45, 7) is 16.3. The van der Waals surface area contributed by atoms with Gasteiger partial charge in [0, 0.05) is 61.3 Å². The summed E-state index contributed by atoms with van der Waals surface area (Å²) in [5.41, 5.74) is 3.47. The number of ketones is 2. The number of para-hydroxylation sites is 1. The maximum atomic E-state index is 18.0. The van der Waals surface area contributed by atoms with E-state index in [1.807, 2.05) is 49.4 Å². The van der Waals surface area contributed by atoms with Gasteiger partial charge in [0.1, 0.15) is 24.9 Å². The van der Waals surface area contributed by atoms with Gasteiger partial charge in [-0.2, -0.15) is 0 Å². The third-order valence-corrected chi connectivity index (χ3v) is 22.1. The minimum atomic E-state index is -2.39. The average Bonchev–Trinajstić information content (AvgIpc) is 1.55. The van der Waals surface area contributed by atoms with Crippen LogP contribution in [0, 0.1) is 28.6 Å². The van der Waals surface area contributed by atoms with E-state index in [2.05, 4.69) is 51.5 Å². The molecule has 0 spiro atoms. The fourth-order valence-electron chi connectivity index (χ4n) is 16.2. The molecule has 5 aliphatic rings. The third-order valence-electron chi connectivity index (χ3n) is 22.1. The Morgan fingerprint density at radius 3 is 2.08 bits per heavy atom. The number of hydrogen-bond donors (Lipinski definition) is 8. The lowest BCUT2D eigenvalue weighted by atomic mass is 9.44. The lowest BCUT2D eigenvalue weighted by Crippen LogP contribution is -2.71. The first-order valence-electron chi connectivity index (χ1n) is 38.9. The molecule has 1 saturated heterocycles. The smallest absolute Gasteiger partial charge is 0.407 e. The molecule has 113 heavy (non-hydrogen) atoms. The van der Waals surface area contributed by atoms with Crippen molar-refractivity contribution >= 4 is 76.6 Å². The number of esters is 1. The number of carbonyl (C=O) groups excluding carboxylic acids is 10. The first kappa shape index (κ1) is 87.3. The number of nitrogens with one attached hydrogen (secondary N) is 6. The standard InChI is InChI=1S/C84H108F2N8O19/c1-8-16-74-112-70-47-62-63-46-65(85)64-45-61(95)32-34-81(64,6)83(63,86)68(96)48-82(62,7)84(70,113-74)69(97)52-110-78(103)58-26-22-54(23-27-58)49-90-80(105)111-51-55-24-28-60(29-25-55)91-76(101)66(20-15-35-89-79(87)104)92-77(102)75(53(4)5)93-72(99)33-37-106-39-41-108-43-44-109-42-40-107-38-36-88-71(98)30-31-73(100)94(67-21-14-13-18-57(67)10-3)50-59-19-12-11-17-56(59)9-2/h10-14,17-19,21-29,32,34,45,53,62-63,65-66,68,70,74-75,96H,3,8-9,15-16,20,30-31,33,35-44,46-52H2,1-2,4-7H3,(H,88,98)(H,90,105)(H,91,101)(H,92,102)(H,93,99)(H3,87,89,104)/t62-,63-,65-,66-,68-,70+,74?,75-,81-,82-,83-,84+/m0/s1. The van der Waals surface area contributed by atoms with E-state index < -0.39 is 131 Å². The van der Waals surface area contributed by atoms with Crippen molar-refractivity contribution in [2.45, 2.75) is 180 Å². The van der Waals surface area contributed by atoms with Crippen molar-refractivity contribution in [3.63, 3.8) is 0 Å². The number of primary amides is 1. The second-order valence-electron chi connectivity index (χ2n) is 29.8. The van der Waals surface area contributed by atoms with Gasteiger partial charge >= 0.3 is 18.1 Å². The molecule has 4 fully saturated rings. The Kier molecular flexibility index (Phi) is 31.6. The van der Waals surface area contributed by atoms with Crippen LogP contribution >= 0.6 is 0 Å². The van der Waals surface area contributed by atoms with E-state index in [0.717, 1.165) is 34.9 Å². The van der Waals surface area contributed by atoms with Gasteiger partial charge < -0.3 is 85.5 Å². The molecule has 612 valence electrons. The number of urea groups is 1. The minimum absolute atomic E-state index is 0.00165. The molecule has 4 aromatic carbocycles. The number of ether oxygens (including phenoxy) is 8. The zero-order chi connectivity index (χ0) is 81.5. The number of alkyl halides is 2. The van der Waals surface area contributed by atoms with E-state index in [1.165, 1.54) is 31.2 Å². The van der Waals surface area contributed by atoms with Gasteiger partial charge in [-0.05, 0) is 140 Å². The molecule has 0 aromatic heterocycles. The average molecular weight is 1570 g/mol. The summed E-state index contributed by atoms with van der Waals surface area (Å²) in [5, 5.41) is 28.1. The number of aliphatic hydroxyl groups excluding tert-OH is 1. The van der Waals surface area contributed by atoms with Crippen LogP contribution < -0.4 is 42.5 Å². The van der Waals surface area contributed by atoms with Crippen LogP contribution in [0.1, 0.15) is 144 Å². The van der Waals surface area contributed by atoms with E-state index >= 15 is 8.78 Å². The Morgan fingerprint density at radius 2 is 1.41 bits per heavy atom. The number of alkyl carbamates (subject to hydrolysis) is 1. The maximum absolute atomic E-state index is 18.0. The van der Waals surface area contributed by atoms with Crippen LogP contribution in [0.15, 0.2) is 127 Å². The van der Waals surface area contributed by atoms with Crippen LogP contribution in [-0.2, 0) is 97.6 Å². The van der Waals surface area contributed by atoms with E-state index in [-0.39, 0.29) is 140 Å². The van der Waals surface area contributed by atoms with E-state index in [9.17, 15) is 53.1 Å². The number of Topliss-reactive ketones (excluding diaryl/α,β-unsaturated/α-hetero) is 1. The van der Waals surface area contributed by atoms with Crippen LogP contribution in [0.2, 0.25) is 0 Å². The number of nitrogens with two attached hydrogens (primary N) is 1. The quantitative estimate of drug-likeness (QED) is 0.0151. The van der Waals surface area contributed by atoms with E-state index in [4.69, 9.17) is 43.6 Å². The number of fused-ring (bicyclic) bond motifs is 7. The number of nitrogens with zero attached hydrogens (tertiary/aromatic N) is 1. The van der Waals surface area contributed by atoms with Gasteiger partial charge in [-0.15, -0.1) is 0 Å². The number of allylic oxidation sites excluding steroid dienone is 4. The Bertz CT molecular complexity index is 4070. The summed E-state index contributed by atoms with van der Waals surface area (Å²) in [6.07, 6.45) is 1.25. The lowest BCUT2D eigenvalue weighted by molar-refractivity contribution is -0.234. The molecular weight excluding hydrogens is 1460 g/mol. The summed E-state index contributed by atoms with van der Waals surface area (Å²) in [6, 6.07) is 25.1. The first-order valence-corrected chi connectivity index (χ1v) is 38.9. The zero-order valence-corrected chi connectivity index (χ0v) is 65.2. The van der Waals surface area contributed by atoms with Crippen LogP contribution in [0.4, 0.5) is 29.7 Å². The number of anilines is 2. The van der Waals surface area contributed by atoms with Gasteiger partial charge in [-0.1, -0.05) is 127 Å². The number of aryl methyl sites for hydroxylation is 1. The molecule has 4 aromatic rings. The molecule has 29 heteroatoms. The van der Waals surface area contributed by atoms with Crippen molar-refractivity contribution in [1.29, 1.82) is 0 Å². The number of amides is 8. The summed E-state index contributed by atoms with van der Waals surface area (Å²) in [4.78, 5) is 134. The van der Waals surface area contributed by atoms with Crippen molar-refractivity contribution in [2.75, 3.05) is 82.8 Å². The highest BCUT2D eigenvalue weighted by molar-refractivity contribution is 6.02. The topological polar surface area (TPSA) is 366 Å². The number of halogens is 2. The van der Waals surface area contributed by atoms with Crippen molar-refractivity contribution < 1.29 is 99.7 Å². The van der Waals surface area contributed by atoms with Crippen LogP contribution in [0.25, 0.3) is 6.08 Å². The maximum Gasteiger partial charge on any atom is 0.407 e. The Hall–Kier alpha value is -9.62. The molecular formula is C84H108F2N8O19. The Balaban J connectivity index is 0.634. The van der Waals surface area contributed by atoms with Gasteiger partial charge in [-0.3, -0.25) is 33.6 Å². The highest BCUT2D eigenvalue weighted by atomic mass is 19.1. The lowest BCUT2D eigenvalue weighted by Gasteiger charge is -2.63. The van der Waals surface area contributed by atoms with Gasteiger partial charge in [0.15, 0.2) is 29.9 Å². The molecule has 0 radical (unpaired) electrons. The van der Waals surface area contributed by atoms with Crippen LogP contribution in [0.3, 0.4) is 0 Å². The largest absolute Gasteiger partial charge is 0.454 e. The molecule has 27 nitrogen and oxygen atoms in total. The number of aliphatic hydroxyl groups is 1. The fourth-order valence-corrected chi connectivity index (χ4v) is 16.2. The summed E-state index contributed by atoms with van der Waals surface area (Å²) < 4.78 is 80.5. The predicted octanol–water partition coefficient (Wildman–Crippen LogP) is 8.85. The summed E-state index contributed by atoms with van der Waals surface area (Å²) >= 11 is 0. The summed E-state index contributed by atoms with van der Waals surface area (Å²) in [7, 11) is 0. The summed E-state index contributed by atoms with van der Waals surface area (Å²) in [5.74, 6) is -6.23. The van der Waals surface area contributed by atoms with Crippen LogP contribution in [-0.4, -0.2) is 185 Å². The third kappa shape index (κ3) is 21.6. The molecule has 0 bridgehead atoms. The molecule has 9 N–H and O–H groups in total. The highest BCUT2D eigenvalue weighted by Crippen LogP contribution is 2.72. The van der Waals surface area contributed by atoms with E-state index in [0.29, 0.717) is 49.4 Å². The fraction of sp³-hybridized carbons (Fsp3) is 0.524. The number of carbonyl (C=O) groups is 10. The van der Waals surface area contributed by atoms with Crippen molar-refractivity contribution in [2.24, 2.45) is 34.3 Å². The van der Waals surface area contributed by atoms with Gasteiger partial charge in [0.2, 0.25) is 35.3 Å². The molecule has 9 rings (SSSR count). The molecule has 8 amide bonds. The van der Waals surface area contributed by atoms with Gasteiger partial charge in [0.05, 0.1) is 82.9 Å². The Morgan fingerprint density at radius 1 is 0.743 bits per heavy atom. The first-order chi connectivity index (χ1) is 54.2. The molecule has 1 aliphatic heterocycles. The van der Waals surface area contributed by atoms with Crippen LogP contribution in [0.5, 0.6) is 0 Å². The normalized spacial score (nSPS) is 23.7. The Labute approximate surface area is 657 Å². The monoisotopic (exact) mass is 1570 g/mol. The second-order valence-corrected chi connectivity index (χ2v) is 29.8. The van der Waals surface area contributed by atoms with Crippen molar-refractivity contribution in [1.82, 2.24) is 26.6 Å². The second kappa shape index (κ2) is 40.9. The molecule has 1 unspecified atom stereocenters. The molecule has 12 atom stereocenters.